The van der Waals surface area contributed by atoms with Crippen LogP contribution in [0.1, 0.15) is 0 Å². The zero-order chi connectivity index (χ0) is 36.3. The van der Waals surface area contributed by atoms with Crippen molar-refractivity contribution in [3.05, 3.63) is 194 Å². The Morgan fingerprint density at radius 2 is 0.855 bits per heavy atom. The summed E-state index contributed by atoms with van der Waals surface area (Å²) in [5, 5.41) is 9.76. The van der Waals surface area contributed by atoms with Crippen molar-refractivity contribution < 1.29 is 0 Å². The highest BCUT2D eigenvalue weighted by atomic mass is 15.2. The molecule has 4 heteroatoms. The van der Waals surface area contributed by atoms with Crippen LogP contribution < -0.4 is 0 Å². The van der Waals surface area contributed by atoms with E-state index in [-0.39, 0.29) is 0 Å². The molecule has 0 bridgehead atoms. The van der Waals surface area contributed by atoms with E-state index in [1.807, 2.05) is 6.07 Å². The van der Waals surface area contributed by atoms with Crippen LogP contribution in [0.25, 0.3) is 105 Å². The summed E-state index contributed by atoms with van der Waals surface area (Å²) in [6.45, 7) is 0. The molecule has 0 saturated carbocycles. The molecule has 0 aliphatic heterocycles. The number of hydrogen-bond acceptors (Lipinski definition) is 3. The number of nitrogens with zero attached hydrogens (tertiary/aromatic N) is 4. The van der Waals surface area contributed by atoms with Crippen LogP contribution in [0.3, 0.4) is 0 Å². The molecule has 11 aromatic rings. The fraction of sp³-hybridized carbons (Fsp3) is 0. The lowest BCUT2D eigenvalue weighted by atomic mass is 9.89. The van der Waals surface area contributed by atoms with Crippen LogP contribution in [-0.2, 0) is 0 Å². The molecule has 4 nitrogen and oxygen atoms in total. The maximum atomic E-state index is 5.23. The van der Waals surface area contributed by atoms with E-state index in [1.165, 1.54) is 37.9 Å². The Balaban J connectivity index is 1.11. The third-order valence-electron chi connectivity index (χ3n) is 10.8. The van der Waals surface area contributed by atoms with Gasteiger partial charge in [0.2, 0.25) is 5.95 Å². The number of hydrogen-bond donors (Lipinski definition) is 0. The van der Waals surface area contributed by atoms with Gasteiger partial charge in [0.15, 0.2) is 11.6 Å². The van der Waals surface area contributed by atoms with Gasteiger partial charge in [0.25, 0.3) is 0 Å². The van der Waals surface area contributed by atoms with E-state index in [4.69, 9.17) is 15.0 Å². The average Bonchev–Trinajstić information content (AvgIpc) is 3.60. The normalized spacial score (nSPS) is 11.6. The van der Waals surface area contributed by atoms with Crippen LogP contribution in [-0.4, -0.2) is 19.5 Å². The molecule has 0 fully saturated rings. The maximum absolute atomic E-state index is 5.23. The Labute approximate surface area is 317 Å². The quantitative estimate of drug-likeness (QED) is 0.133. The van der Waals surface area contributed by atoms with Gasteiger partial charge in [-0.25, -0.2) is 4.98 Å². The summed E-state index contributed by atoms with van der Waals surface area (Å²) in [5.41, 5.74) is 8.58. The molecule has 0 saturated heterocycles. The van der Waals surface area contributed by atoms with E-state index >= 15 is 0 Å². The van der Waals surface area contributed by atoms with Gasteiger partial charge < -0.3 is 0 Å². The van der Waals surface area contributed by atoms with Gasteiger partial charge in [0.05, 0.1) is 11.0 Å². The molecule has 0 amide bonds. The highest BCUT2D eigenvalue weighted by Crippen LogP contribution is 2.40. The van der Waals surface area contributed by atoms with Crippen LogP contribution in [0.2, 0.25) is 0 Å². The summed E-state index contributed by atoms with van der Waals surface area (Å²) in [4.78, 5) is 15.6. The Hall–Kier alpha value is -7.43. The highest BCUT2D eigenvalue weighted by Gasteiger charge is 2.19. The molecule has 0 unspecified atom stereocenters. The molecule has 0 N–H and O–H groups in total. The van der Waals surface area contributed by atoms with Crippen LogP contribution in [0.15, 0.2) is 194 Å². The second-order valence-corrected chi connectivity index (χ2v) is 14.0. The standard InChI is InChI=1S/C51H32N4/c1-2-13-33(14-3-1)37-17-12-18-39(31-37)50-52-49(53-51(54-50)55-46-23-10-8-21-42(46)43-22-9-11-24-47(43)55)36-27-25-35(26-28-36)48-41-20-7-5-16-38(41)32-45-40-19-6-4-15-34(40)29-30-44(45)48/h1-32H. The first kappa shape index (κ1) is 31.1. The lowest BCUT2D eigenvalue weighted by Gasteiger charge is -2.15. The van der Waals surface area contributed by atoms with Gasteiger partial charge in [0.1, 0.15) is 0 Å². The summed E-state index contributed by atoms with van der Waals surface area (Å²) in [5.74, 6) is 1.82. The molecule has 256 valence electrons. The van der Waals surface area contributed by atoms with Crippen molar-refractivity contribution in [2.75, 3.05) is 0 Å². The van der Waals surface area contributed by atoms with Crippen molar-refractivity contribution in [3.63, 3.8) is 0 Å². The minimum Gasteiger partial charge on any atom is -0.278 e. The first-order valence-electron chi connectivity index (χ1n) is 18.6. The van der Waals surface area contributed by atoms with Gasteiger partial charge in [-0.1, -0.05) is 170 Å². The Kier molecular flexibility index (Phi) is 7.14. The highest BCUT2D eigenvalue weighted by molar-refractivity contribution is 6.20. The molecule has 55 heavy (non-hydrogen) atoms. The number of aromatic nitrogens is 4. The molecular weight excluding hydrogens is 669 g/mol. The maximum Gasteiger partial charge on any atom is 0.238 e. The van der Waals surface area contributed by atoms with Gasteiger partial charge in [-0.2, -0.15) is 9.97 Å². The molecule has 11 rings (SSSR count). The summed E-state index contributed by atoms with van der Waals surface area (Å²) in [6, 6.07) is 68.7. The van der Waals surface area contributed by atoms with Gasteiger partial charge in [-0.15, -0.1) is 0 Å². The van der Waals surface area contributed by atoms with E-state index in [1.54, 1.807) is 0 Å². The van der Waals surface area contributed by atoms with Crippen molar-refractivity contribution in [1.29, 1.82) is 0 Å². The third-order valence-corrected chi connectivity index (χ3v) is 10.8. The van der Waals surface area contributed by atoms with Crippen molar-refractivity contribution in [2.45, 2.75) is 0 Å². The smallest absolute Gasteiger partial charge is 0.238 e. The van der Waals surface area contributed by atoms with Gasteiger partial charge in [-0.3, -0.25) is 4.57 Å². The lowest BCUT2D eigenvalue weighted by molar-refractivity contribution is 0.953. The average molecular weight is 701 g/mol. The number of para-hydroxylation sites is 2. The summed E-state index contributed by atoms with van der Waals surface area (Å²) in [6.07, 6.45) is 0. The Morgan fingerprint density at radius 1 is 0.291 bits per heavy atom. The minimum absolute atomic E-state index is 0.582. The SMILES string of the molecule is c1ccc(-c2cccc(-c3nc(-c4ccc(-c5c6ccccc6cc6c5ccc5ccccc56)cc4)nc(-n4c5ccccc5c5ccccc54)n3)c2)cc1. The summed E-state index contributed by atoms with van der Waals surface area (Å²) < 4.78 is 2.17. The van der Waals surface area contributed by atoms with Crippen LogP contribution in [0, 0.1) is 0 Å². The molecule has 0 spiro atoms. The third kappa shape index (κ3) is 5.19. The monoisotopic (exact) mass is 700 g/mol. The molecule has 2 aromatic heterocycles. The summed E-state index contributed by atoms with van der Waals surface area (Å²) >= 11 is 0. The van der Waals surface area contributed by atoms with Crippen molar-refractivity contribution in [1.82, 2.24) is 19.5 Å². The lowest BCUT2D eigenvalue weighted by Crippen LogP contribution is -2.06. The van der Waals surface area contributed by atoms with E-state index in [2.05, 4.69) is 193 Å². The van der Waals surface area contributed by atoms with E-state index in [9.17, 15) is 0 Å². The molecule has 0 atom stereocenters. The van der Waals surface area contributed by atoms with Gasteiger partial charge in [0, 0.05) is 21.9 Å². The second kappa shape index (κ2) is 12.6. The minimum atomic E-state index is 0.582. The predicted molar refractivity (Wildman–Crippen MR) is 228 cm³/mol. The topological polar surface area (TPSA) is 43.6 Å². The molecular formula is C51H32N4. The molecule has 0 aliphatic carbocycles. The predicted octanol–water partition coefficient (Wildman–Crippen LogP) is 13.1. The first-order valence-corrected chi connectivity index (χ1v) is 18.6. The van der Waals surface area contributed by atoms with Crippen molar-refractivity contribution >= 4 is 54.1 Å². The van der Waals surface area contributed by atoms with Gasteiger partial charge >= 0.3 is 0 Å². The largest absolute Gasteiger partial charge is 0.278 e. The van der Waals surface area contributed by atoms with Gasteiger partial charge in [-0.05, 0) is 78.8 Å². The van der Waals surface area contributed by atoms with Crippen molar-refractivity contribution in [2.24, 2.45) is 0 Å². The fourth-order valence-electron chi connectivity index (χ4n) is 8.25. The molecule has 0 radical (unpaired) electrons. The molecule has 2 heterocycles. The van der Waals surface area contributed by atoms with E-state index in [0.717, 1.165) is 49.6 Å². The van der Waals surface area contributed by atoms with E-state index < -0.39 is 0 Å². The Morgan fingerprint density at radius 3 is 1.60 bits per heavy atom. The molecule has 9 aromatic carbocycles. The molecule has 0 aliphatic rings. The number of fused-ring (bicyclic) bond motifs is 7. The zero-order valence-electron chi connectivity index (χ0n) is 29.8. The number of benzene rings is 9. The second-order valence-electron chi connectivity index (χ2n) is 14.0. The van der Waals surface area contributed by atoms with Crippen LogP contribution >= 0.6 is 0 Å². The number of rotatable bonds is 5. The fourth-order valence-corrected chi connectivity index (χ4v) is 8.25. The summed E-state index contributed by atoms with van der Waals surface area (Å²) in [7, 11) is 0. The van der Waals surface area contributed by atoms with Crippen LogP contribution in [0.5, 0.6) is 0 Å². The van der Waals surface area contributed by atoms with Crippen LogP contribution in [0.4, 0.5) is 0 Å². The zero-order valence-corrected chi connectivity index (χ0v) is 29.8. The first-order chi connectivity index (χ1) is 27.3. The van der Waals surface area contributed by atoms with Crippen molar-refractivity contribution in [3.8, 4) is 51.0 Å². The van der Waals surface area contributed by atoms with E-state index in [0.29, 0.717) is 17.6 Å². The Bertz CT molecular complexity index is 3200.